The smallest absolute Gasteiger partial charge is 0.220 e. The molecule has 1 N–H and O–H groups in total. The average molecular weight is 418 g/mol. The molecule has 0 aliphatic carbocycles. The first kappa shape index (κ1) is 21.6. The Morgan fingerprint density at radius 1 is 1.06 bits per heavy atom. The molecule has 0 radical (unpaired) electrons. The quantitative estimate of drug-likeness (QED) is 0.565. The molecule has 1 saturated heterocycles. The predicted octanol–water partition coefficient (Wildman–Crippen LogP) is 4.92. The minimum Gasteiger partial charge on any atom is -0.355 e. The van der Waals surface area contributed by atoms with Gasteiger partial charge in [0, 0.05) is 49.2 Å². The minimum absolute atomic E-state index is 0.153. The third-order valence-electron chi connectivity index (χ3n) is 6.76. The molecule has 3 aromatic rings. The normalized spacial score (nSPS) is 17.2. The maximum absolute atomic E-state index is 12.5. The number of piperidine rings is 1. The number of fused-ring (bicyclic) bond motifs is 1. The molecule has 4 heteroatoms. The SMILES string of the molecule is Cc1ccccc1Cn1cc(CCC(=O)NCCN2CCCCC2C)c2ccccc21. The van der Waals surface area contributed by atoms with Crippen molar-refractivity contribution in [2.24, 2.45) is 0 Å². The highest BCUT2D eigenvalue weighted by atomic mass is 16.1. The number of amides is 1. The van der Waals surface area contributed by atoms with Gasteiger partial charge in [0.2, 0.25) is 5.91 Å². The number of rotatable bonds is 8. The predicted molar refractivity (Wildman–Crippen MR) is 128 cm³/mol. The second kappa shape index (κ2) is 10.1. The van der Waals surface area contributed by atoms with Gasteiger partial charge in [-0.2, -0.15) is 0 Å². The zero-order valence-electron chi connectivity index (χ0n) is 18.9. The molecule has 1 fully saturated rings. The molecular formula is C27H35N3O. The lowest BCUT2D eigenvalue weighted by Gasteiger charge is -2.33. The number of nitrogens with one attached hydrogen (secondary N) is 1. The zero-order valence-corrected chi connectivity index (χ0v) is 18.9. The number of para-hydroxylation sites is 1. The summed E-state index contributed by atoms with van der Waals surface area (Å²) < 4.78 is 2.32. The van der Waals surface area contributed by atoms with E-state index in [0.29, 0.717) is 12.5 Å². The van der Waals surface area contributed by atoms with Crippen molar-refractivity contribution in [1.82, 2.24) is 14.8 Å². The number of hydrogen-bond donors (Lipinski definition) is 1. The van der Waals surface area contributed by atoms with Crippen molar-refractivity contribution in [3.63, 3.8) is 0 Å². The van der Waals surface area contributed by atoms with Crippen molar-refractivity contribution >= 4 is 16.8 Å². The second-order valence-electron chi connectivity index (χ2n) is 8.96. The fourth-order valence-electron chi connectivity index (χ4n) is 4.79. The number of nitrogens with zero attached hydrogens (tertiary/aromatic N) is 2. The lowest BCUT2D eigenvalue weighted by molar-refractivity contribution is -0.121. The van der Waals surface area contributed by atoms with Gasteiger partial charge in [-0.1, -0.05) is 48.9 Å². The molecule has 4 nitrogen and oxygen atoms in total. The Kier molecular flexibility index (Phi) is 7.08. The van der Waals surface area contributed by atoms with Gasteiger partial charge in [-0.05, 0) is 62.4 Å². The summed E-state index contributed by atoms with van der Waals surface area (Å²) in [7, 11) is 0. The summed E-state index contributed by atoms with van der Waals surface area (Å²) in [4.78, 5) is 15.0. The largest absolute Gasteiger partial charge is 0.355 e. The summed E-state index contributed by atoms with van der Waals surface area (Å²) in [5, 5.41) is 4.39. The van der Waals surface area contributed by atoms with Crippen LogP contribution in [0.15, 0.2) is 54.7 Å². The number of aromatic nitrogens is 1. The van der Waals surface area contributed by atoms with E-state index in [9.17, 15) is 4.79 Å². The van der Waals surface area contributed by atoms with Crippen molar-refractivity contribution in [3.8, 4) is 0 Å². The van der Waals surface area contributed by atoms with E-state index < -0.39 is 0 Å². The number of likely N-dealkylation sites (tertiary alicyclic amines) is 1. The Bertz CT molecular complexity index is 1020. The first-order valence-electron chi connectivity index (χ1n) is 11.7. The monoisotopic (exact) mass is 417 g/mol. The van der Waals surface area contributed by atoms with Gasteiger partial charge in [-0.15, -0.1) is 0 Å². The Hall–Kier alpha value is -2.59. The molecule has 0 bridgehead atoms. The molecule has 0 saturated carbocycles. The molecule has 1 aliphatic heterocycles. The lowest BCUT2D eigenvalue weighted by atomic mass is 10.0. The molecule has 1 aliphatic rings. The van der Waals surface area contributed by atoms with Crippen LogP contribution in [0, 0.1) is 6.92 Å². The minimum atomic E-state index is 0.153. The highest BCUT2D eigenvalue weighted by molar-refractivity contribution is 5.85. The van der Waals surface area contributed by atoms with Crippen LogP contribution < -0.4 is 5.32 Å². The van der Waals surface area contributed by atoms with Crippen LogP contribution >= 0.6 is 0 Å². The molecule has 2 heterocycles. The molecular weight excluding hydrogens is 382 g/mol. The van der Waals surface area contributed by atoms with Crippen LogP contribution in [0.25, 0.3) is 10.9 Å². The van der Waals surface area contributed by atoms with Crippen LogP contribution in [0.1, 0.15) is 49.3 Å². The summed E-state index contributed by atoms with van der Waals surface area (Å²) in [6, 6.07) is 17.7. The van der Waals surface area contributed by atoms with Gasteiger partial charge < -0.3 is 9.88 Å². The van der Waals surface area contributed by atoms with E-state index in [4.69, 9.17) is 0 Å². The van der Waals surface area contributed by atoms with Crippen LogP contribution in [0.3, 0.4) is 0 Å². The van der Waals surface area contributed by atoms with Gasteiger partial charge in [0.15, 0.2) is 0 Å². The molecule has 0 spiro atoms. The first-order chi connectivity index (χ1) is 15.1. The molecule has 164 valence electrons. The standard InChI is InChI=1S/C27H35N3O/c1-21-9-3-4-11-23(21)19-30-20-24(25-12-5-6-13-26(25)30)14-15-27(31)28-16-18-29-17-8-7-10-22(29)2/h3-6,9,11-13,20,22H,7-8,10,14-19H2,1-2H3,(H,28,31). The molecule has 31 heavy (non-hydrogen) atoms. The second-order valence-corrected chi connectivity index (χ2v) is 8.96. The fourth-order valence-corrected chi connectivity index (χ4v) is 4.79. The summed E-state index contributed by atoms with van der Waals surface area (Å²) in [6.07, 6.45) is 7.44. The molecule has 2 aromatic carbocycles. The summed E-state index contributed by atoms with van der Waals surface area (Å²) >= 11 is 0. The third-order valence-corrected chi connectivity index (χ3v) is 6.76. The Morgan fingerprint density at radius 3 is 2.71 bits per heavy atom. The number of hydrogen-bond acceptors (Lipinski definition) is 2. The number of benzene rings is 2. The number of carbonyl (C=O) groups is 1. The van der Waals surface area contributed by atoms with Gasteiger partial charge in [-0.3, -0.25) is 9.69 Å². The van der Waals surface area contributed by atoms with Crippen LogP contribution in [-0.2, 0) is 17.8 Å². The highest BCUT2D eigenvalue weighted by Crippen LogP contribution is 2.24. The van der Waals surface area contributed by atoms with Crippen molar-refractivity contribution in [2.75, 3.05) is 19.6 Å². The van der Waals surface area contributed by atoms with Gasteiger partial charge in [0.05, 0.1) is 0 Å². The van der Waals surface area contributed by atoms with E-state index >= 15 is 0 Å². The van der Waals surface area contributed by atoms with E-state index in [1.54, 1.807) is 0 Å². The summed E-state index contributed by atoms with van der Waals surface area (Å²) in [5.41, 5.74) is 5.13. The first-order valence-corrected chi connectivity index (χ1v) is 11.7. The summed E-state index contributed by atoms with van der Waals surface area (Å²) in [6.45, 7) is 8.19. The third kappa shape index (κ3) is 5.37. The Balaban J connectivity index is 1.36. The average Bonchev–Trinajstić information content (AvgIpc) is 3.13. The molecule has 1 unspecified atom stereocenters. The lowest BCUT2D eigenvalue weighted by Crippen LogP contribution is -2.42. The van der Waals surface area contributed by atoms with Gasteiger partial charge in [0.1, 0.15) is 0 Å². The van der Waals surface area contributed by atoms with E-state index in [-0.39, 0.29) is 5.91 Å². The topological polar surface area (TPSA) is 37.3 Å². The molecule has 1 aromatic heterocycles. The fraction of sp³-hybridized carbons (Fsp3) is 0.444. The van der Waals surface area contributed by atoms with Crippen molar-refractivity contribution in [2.45, 2.75) is 58.5 Å². The summed E-state index contributed by atoms with van der Waals surface area (Å²) in [5.74, 6) is 0.153. The maximum atomic E-state index is 12.5. The van der Waals surface area contributed by atoms with E-state index in [2.05, 4.69) is 83.4 Å². The van der Waals surface area contributed by atoms with Crippen LogP contribution in [0.2, 0.25) is 0 Å². The molecule has 4 rings (SSSR count). The van der Waals surface area contributed by atoms with Crippen LogP contribution in [-0.4, -0.2) is 41.1 Å². The molecule has 1 atom stereocenters. The Morgan fingerprint density at radius 2 is 1.87 bits per heavy atom. The molecule has 1 amide bonds. The maximum Gasteiger partial charge on any atom is 0.220 e. The van der Waals surface area contributed by atoms with Crippen molar-refractivity contribution in [3.05, 3.63) is 71.4 Å². The van der Waals surface area contributed by atoms with Gasteiger partial charge in [0.25, 0.3) is 0 Å². The van der Waals surface area contributed by atoms with E-state index in [1.807, 2.05) is 0 Å². The number of carbonyl (C=O) groups excluding carboxylic acids is 1. The zero-order chi connectivity index (χ0) is 21.6. The van der Waals surface area contributed by atoms with Gasteiger partial charge in [-0.25, -0.2) is 0 Å². The van der Waals surface area contributed by atoms with Crippen molar-refractivity contribution < 1.29 is 4.79 Å². The highest BCUT2D eigenvalue weighted by Gasteiger charge is 2.17. The van der Waals surface area contributed by atoms with E-state index in [1.165, 1.54) is 46.9 Å². The van der Waals surface area contributed by atoms with Crippen LogP contribution in [0.5, 0.6) is 0 Å². The Labute approximate surface area is 186 Å². The number of aryl methyl sites for hydroxylation is 2. The van der Waals surface area contributed by atoms with Gasteiger partial charge >= 0.3 is 0 Å². The van der Waals surface area contributed by atoms with E-state index in [0.717, 1.165) is 32.6 Å². The van der Waals surface area contributed by atoms with Crippen LogP contribution in [0.4, 0.5) is 0 Å². The van der Waals surface area contributed by atoms with Crippen molar-refractivity contribution in [1.29, 1.82) is 0 Å².